The number of hydrogen-bond donors (Lipinski definition) is 1. The summed E-state index contributed by atoms with van der Waals surface area (Å²) >= 11 is 5.17. The van der Waals surface area contributed by atoms with E-state index in [0.717, 1.165) is 0 Å². The van der Waals surface area contributed by atoms with Gasteiger partial charge in [-0.1, -0.05) is 0 Å². The lowest BCUT2D eigenvalue weighted by Crippen LogP contribution is -2.02. The largest absolute Gasteiger partial charge is 0.289 e. The van der Waals surface area contributed by atoms with E-state index in [4.69, 9.17) is 11.6 Å². The van der Waals surface area contributed by atoms with Gasteiger partial charge in [0.1, 0.15) is 0 Å². The predicted molar refractivity (Wildman–Crippen MR) is 29.2 cm³/mol. The third-order valence-electron chi connectivity index (χ3n) is 0.716. The minimum atomic E-state index is -0.328. The molecule has 1 heterocycles. The normalized spacial score (nSPS) is 9.44. The third kappa shape index (κ3) is 1.23. The van der Waals surface area contributed by atoms with Crippen LogP contribution in [-0.4, -0.2) is 32.3 Å². The molecule has 1 aromatic rings. The average molecular weight is 147 g/mol. The molecule has 1 N–H and O–H groups in total. The van der Waals surface area contributed by atoms with Crippen molar-refractivity contribution in [3.05, 3.63) is 5.82 Å². The van der Waals surface area contributed by atoms with Crippen molar-refractivity contribution in [2.24, 2.45) is 0 Å². The highest BCUT2D eigenvalue weighted by atomic mass is 35.5. The van der Waals surface area contributed by atoms with Gasteiger partial charge in [-0.15, -0.1) is 21.8 Å². The molecule has 0 spiro atoms. The Kier molecular flexibility index (Phi) is 1.74. The summed E-state index contributed by atoms with van der Waals surface area (Å²) < 4.78 is 0. The Labute approximate surface area is 55.4 Å². The second-order valence-corrected chi connectivity index (χ2v) is 1.56. The maximum absolute atomic E-state index is 10.6. The summed E-state index contributed by atoms with van der Waals surface area (Å²) in [5, 5.41) is 12.1. The summed E-state index contributed by atoms with van der Waals surface area (Å²) in [4.78, 5) is 10.6. The number of aromatic nitrogens is 4. The molecule has 0 amide bonds. The Balaban J connectivity index is 2.77. The van der Waals surface area contributed by atoms with Gasteiger partial charge < -0.3 is 0 Å². The number of halogens is 1. The van der Waals surface area contributed by atoms with Gasteiger partial charge in [-0.05, 0) is 5.21 Å². The Morgan fingerprint density at radius 2 is 2.56 bits per heavy atom. The molecule has 48 valence electrons. The number of alkyl halides is 1. The first-order valence-corrected chi connectivity index (χ1v) is 2.70. The van der Waals surface area contributed by atoms with Crippen LogP contribution in [0.25, 0.3) is 0 Å². The quantitative estimate of drug-likeness (QED) is 0.456. The van der Waals surface area contributed by atoms with Crippen LogP contribution in [0, 0.1) is 0 Å². The highest BCUT2D eigenvalue weighted by Gasteiger charge is 2.07. The first-order valence-electron chi connectivity index (χ1n) is 2.17. The van der Waals surface area contributed by atoms with Gasteiger partial charge in [0.25, 0.3) is 0 Å². The smallest absolute Gasteiger partial charge is 0.241 e. The zero-order valence-electron chi connectivity index (χ0n) is 4.33. The van der Waals surface area contributed by atoms with Crippen molar-refractivity contribution in [3.63, 3.8) is 0 Å². The van der Waals surface area contributed by atoms with Crippen molar-refractivity contribution >= 4 is 17.4 Å². The van der Waals surface area contributed by atoms with Crippen molar-refractivity contribution in [2.45, 2.75) is 0 Å². The van der Waals surface area contributed by atoms with Gasteiger partial charge in [-0.25, -0.2) is 0 Å². The van der Waals surface area contributed by atoms with Crippen LogP contribution in [0.5, 0.6) is 0 Å². The van der Waals surface area contributed by atoms with E-state index < -0.39 is 0 Å². The number of H-pyrrole nitrogens is 1. The van der Waals surface area contributed by atoms with E-state index in [1.165, 1.54) is 0 Å². The molecule has 0 aliphatic rings. The molecule has 0 saturated heterocycles. The molecule has 5 nitrogen and oxygen atoms in total. The van der Waals surface area contributed by atoms with Crippen LogP contribution < -0.4 is 0 Å². The monoisotopic (exact) mass is 146 g/mol. The lowest BCUT2D eigenvalue weighted by atomic mass is 10.4. The third-order valence-corrected chi connectivity index (χ3v) is 0.959. The van der Waals surface area contributed by atoms with Gasteiger partial charge in [0.15, 0.2) is 0 Å². The first kappa shape index (κ1) is 6.15. The molecular weight excluding hydrogens is 144 g/mol. The standard InChI is InChI=1S/C3H3ClN4O/c4-1-2(9)3-5-7-8-6-3/h1H2,(H,5,6,7,8). The molecule has 9 heavy (non-hydrogen) atoms. The van der Waals surface area contributed by atoms with Crippen molar-refractivity contribution in [1.29, 1.82) is 0 Å². The van der Waals surface area contributed by atoms with Crippen LogP contribution >= 0.6 is 11.6 Å². The van der Waals surface area contributed by atoms with Crippen molar-refractivity contribution in [1.82, 2.24) is 20.6 Å². The average Bonchev–Trinajstić information content (AvgIpc) is 2.37. The van der Waals surface area contributed by atoms with Gasteiger partial charge in [-0.2, -0.15) is 5.21 Å². The Morgan fingerprint density at radius 1 is 1.78 bits per heavy atom. The van der Waals surface area contributed by atoms with E-state index in [1.807, 2.05) is 0 Å². The zero-order valence-corrected chi connectivity index (χ0v) is 5.09. The van der Waals surface area contributed by atoms with Gasteiger partial charge in [0.2, 0.25) is 11.6 Å². The molecule has 1 rings (SSSR count). The fraction of sp³-hybridized carbons (Fsp3) is 0.333. The Hall–Kier alpha value is -0.970. The minimum absolute atomic E-state index is 0.0324. The fourth-order valence-electron chi connectivity index (χ4n) is 0.340. The molecule has 0 fully saturated rings. The number of hydrogen-bond acceptors (Lipinski definition) is 4. The van der Waals surface area contributed by atoms with Crippen LogP contribution in [0.2, 0.25) is 0 Å². The van der Waals surface area contributed by atoms with Crippen LogP contribution in [0.1, 0.15) is 10.6 Å². The second kappa shape index (κ2) is 2.54. The summed E-state index contributed by atoms with van der Waals surface area (Å²) in [6, 6.07) is 0. The highest BCUT2D eigenvalue weighted by molar-refractivity contribution is 6.29. The maximum Gasteiger partial charge on any atom is 0.241 e. The molecule has 0 bridgehead atoms. The number of carbonyl (C=O) groups is 1. The highest BCUT2D eigenvalue weighted by Crippen LogP contribution is 1.87. The van der Waals surface area contributed by atoms with Crippen LogP contribution in [0.15, 0.2) is 0 Å². The van der Waals surface area contributed by atoms with Crippen molar-refractivity contribution < 1.29 is 4.79 Å². The van der Waals surface area contributed by atoms with E-state index in [-0.39, 0.29) is 17.5 Å². The topological polar surface area (TPSA) is 71.5 Å². The first-order chi connectivity index (χ1) is 4.34. The number of nitrogens with zero attached hydrogens (tertiary/aromatic N) is 3. The van der Waals surface area contributed by atoms with Gasteiger partial charge in [0.05, 0.1) is 5.88 Å². The summed E-state index contributed by atoms with van der Waals surface area (Å²) in [5.74, 6) is -0.407. The fourth-order valence-corrected chi connectivity index (χ4v) is 0.459. The summed E-state index contributed by atoms with van der Waals surface area (Å²) in [5.41, 5.74) is 0. The number of aromatic amines is 1. The maximum atomic E-state index is 10.6. The zero-order chi connectivity index (χ0) is 6.69. The van der Waals surface area contributed by atoms with E-state index in [1.54, 1.807) is 0 Å². The lowest BCUT2D eigenvalue weighted by Gasteiger charge is -1.80. The van der Waals surface area contributed by atoms with Crippen LogP contribution in [-0.2, 0) is 0 Å². The van der Waals surface area contributed by atoms with E-state index >= 15 is 0 Å². The summed E-state index contributed by atoms with van der Waals surface area (Å²) in [7, 11) is 0. The van der Waals surface area contributed by atoms with Crippen molar-refractivity contribution in [3.8, 4) is 0 Å². The van der Waals surface area contributed by atoms with Crippen LogP contribution in [0.3, 0.4) is 0 Å². The predicted octanol–water partition coefficient (Wildman–Crippen LogP) is -0.379. The van der Waals surface area contributed by atoms with Gasteiger partial charge >= 0.3 is 0 Å². The molecule has 0 atom stereocenters. The molecule has 0 unspecified atom stereocenters. The van der Waals surface area contributed by atoms with Crippen molar-refractivity contribution in [2.75, 3.05) is 5.88 Å². The Morgan fingerprint density at radius 3 is 3.00 bits per heavy atom. The number of rotatable bonds is 2. The Bertz CT molecular complexity index is 196. The molecule has 0 saturated carbocycles. The summed E-state index contributed by atoms with van der Waals surface area (Å²) in [6.45, 7) is 0. The SMILES string of the molecule is O=C(CCl)c1nn[nH]n1. The second-order valence-electron chi connectivity index (χ2n) is 1.29. The van der Waals surface area contributed by atoms with E-state index in [2.05, 4.69) is 20.6 Å². The number of tetrazole rings is 1. The number of carbonyl (C=O) groups excluding carboxylic acids is 1. The molecule has 0 aliphatic heterocycles. The number of Topliss-reactive ketones (excluding diaryl/α,β-unsaturated/α-hetero) is 1. The van der Waals surface area contributed by atoms with Gasteiger partial charge in [0, 0.05) is 0 Å². The van der Waals surface area contributed by atoms with Crippen LogP contribution in [0.4, 0.5) is 0 Å². The summed E-state index contributed by atoms with van der Waals surface area (Å²) in [6.07, 6.45) is 0. The molecule has 0 aromatic carbocycles. The molecule has 6 heteroatoms. The van der Waals surface area contributed by atoms with E-state index in [9.17, 15) is 4.79 Å². The minimum Gasteiger partial charge on any atom is -0.289 e. The van der Waals surface area contributed by atoms with Gasteiger partial charge in [-0.3, -0.25) is 4.79 Å². The molecule has 1 aromatic heterocycles. The lowest BCUT2D eigenvalue weighted by molar-refractivity contribution is 0.101. The number of nitrogens with one attached hydrogen (secondary N) is 1. The molecule has 0 radical (unpaired) electrons. The van der Waals surface area contributed by atoms with E-state index in [0.29, 0.717) is 0 Å². The number of ketones is 1. The molecular formula is C3H3ClN4O. The molecule has 0 aliphatic carbocycles.